The van der Waals surface area contributed by atoms with Crippen LogP contribution in [0.1, 0.15) is 23.7 Å². The van der Waals surface area contributed by atoms with E-state index in [1.165, 1.54) is 6.07 Å². The second-order valence-corrected chi connectivity index (χ2v) is 8.41. The van der Waals surface area contributed by atoms with Crippen molar-refractivity contribution in [1.82, 2.24) is 25.2 Å². The lowest BCUT2D eigenvalue weighted by Gasteiger charge is -2.24. The van der Waals surface area contributed by atoms with Gasteiger partial charge in [-0.1, -0.05) is 53.7 Å². The van der Waals surface area contributed by atoms with E-state index in [0.717, 1.165) is 28.8 Å². The number of benzene rings is 3. The number of ether oxygens (including phenoxy) is 1. The molecule has 2 heterocycles. The predicted molar refractivity (Wildman–Crippen MR) is 127 cm³/mol. The summed E-state index contributed by atoms with van der Waals surface area (Å²) in [5.41, 5.74) is 3.31. The van der Waals surface area contributed by atoms with Crippen LogP contribution in [-0.2, 0) is 17.9 Å². The fourth-order valence-corrected chi connectivity index (χ4v) is 4.30. The maximum atomic E-state index is 14.5. The molecule has 1 amide bonds. The van der Waals surface area contributed by atoms with Gasteiger partial charge in [0.1, 0.15) is 23.2 Å². The molecule has 0 unspecified atom stereocenters. The lowest BCUT2D eigenvalue weighted by atomic mass is 10.1. The normalized spacial score (nSPS) is 16.0. The topological polar surface area (TPSA) is 72.3 Å². The molecule has 1 atom stereocenters. The van der Waals surface area contributed by atoms with Crippen molar-refractivity contribution in [3.8, 4) is 5.75 Å². The average molecular weight is 460 g/mol. The second-order valence-electron chi connectivity index (χ2n) is 8.41. The van der Waals surface area contributed by atoms with Crippen LogP contribution >= 0.6 is 0 Å². The minimum atomic E-state index is -0.502. The van der Waals surface area contributed by atoms with Gasteiger partial charge in [0.05, 0.1) is 12.1 Å². The molecule has 0 saturated heterocycles. The molecule has 1 aromatic heterocycles. The number of carbonyl (C=O) groups is 1. The smallest absolute Gasteiger partial charge is 0.234 e. The fourth-order valence-electron chi connectivity index (χ4n) is 4.30. The van der Waals surface area contributed by atoms with E-state index in [1.807, 2.05) is 58.1 Å². The summed E-state index contributed by atoms with van der Waals surface area (Å²) >= 11 is 0. The van der Waals surface area contributed by atoms with Gasteiger partial charge in [-0.3, -0.25) is 9.69 Å². The highest BCUT2D eigenvalue weighted by Gasteiger charge is 2.27. The van der Waals surface area contributed by atoms with Crippen LogP contribution in [0.3, 0.4) is 0 Å². The van der Waals surface area contributed by atoms with Crippen LogP contribution in [0.25, 0.3) is 11.0 Å². The quantitative estimate of drug-likeness (QED) is 0.427. The van der Waals surface area contributed by atoms with Gasteiger partial charge in [0.15, 0.2) is 0 Å². The first-order valence-corrected chi connectivity index (χ1v) is 11.4. The van der Waals surface area contributed by atoms with Gasteiger partial charge in [-0.15, -0.1) is 5.10 Å². The average Bonchev–Trinajstić information content (AvgIpc) is 3.16. The molecule has 34 heavy (non-hydrogen) atoms. The van der Waals surface area contributed by atoms with Crippen molar-refractivity contribution >= 4 is 16.9 Å². The van der Waals surface area contributed by atoms with Crippen molar-refractivity contribution in [1.29, 1.82) is 0 Å². The number of nitrogens with one attached hydrogen (secondary N) is 1. The van der Waals surface area contributed by atoms with E-state index in [2.05, 4.69) is 15.6 Å². The number of amides is 1. The Morgan fingerprint density at radius 3 is 2.76 bits per heavy atom. The van der Waals surface area contributed by atoms with Gasteiger partial charge in [0.2, 0.25) is 5.91 Å². The minimum Gasteiger partial charge on any atom is -0.484 e. The maximum absolute atomic E-state index is 14.5. The Kier molecular flexibility index (Phi) is 6.49. The van der Waals surface area contributed by atoms with E-state index in [-0.39, 0.29) is 18.3 Å². The van der Waals surface area contributed by atoms with Crippen LogP contribution in [0.15, 0.2) is 72.8 Å². The summed E-state index contributed by atoms with van der Waals surface area (Å²) in [4.78, 5) is 14.7. The first-order valence-electron chi connectivity index (χ1n) is 11.4. The number of aryl methyl sites for hydroxylation is 1. The van der Waals surface area contributed by atoms with Crippen molar-refractivity contribution in [2.45, 2.75) is 25.6 Å². The number of halogens is 1. The third-order valence-corrected chi connectivity index (χ3v) is 5.97. The summed E-state index contributed by atoms with van der Waals surface area (Å²) in [7, 11) is 0. The summed E-state index contributed by atoms with van der Waals surface area (Å²) in [5, 5.41) is 11.3. The second kappa shape index (κ2) is 10.0. The monoisotopic (exact) mass is 459 g/mol. The van der Waals surface area contributed by atoms with Crippen molar-refractivity contribution in [3.63, 3.8) is 0 Å². The van der Waals surface area contributed by atoms with Crippen LogP contribution < -0.4 is 10.1 Å². The Labute approximate surface area is 197 Å². The molecule has 8 heteroatoms. The number of rotatable bonds is 7. The molecule has 0 saturated carbocycles. The van der Waals surface area contributed by atoms with Crippen LogP contribution in [0, 0.1) is 5.82 Å². The first-order chi connectivity index (χ1) is 16.7. The third-order valence-electron chi connectivity index (χ3n) is 5.97. The lowest BCUT2D eigenvalue weighted by molar-refractivity contribution is -0.122. The van der Waals surface area contributed by atoms with Gasteiger partial charge in [0, 0.05) is 37.3 Å². The lowest BCUT2D eigenvalue weighted by Crippen LogP contribution is -2.39. The number of hydrogen-bond donors (Lipinski definition) is 1. The molecule has 0 spiro atoms. The Hall–Kier alpha value is -3.78. The number of hydrogen-bond acceptors (Lipinski definition) is 5. The van der Waals surface area contributed by atoms with E-state index in [9.17, 15) is 9.18 Å². The molecule has 1 aliphatic heterocycles. The standard InChI is InChI=1S/C26H26FN5O2/c27-21-10-3-2-9-20(21)25-17-31(16-19-8-1-6-13-24(19)34-25)18-26(33)28-14-7-15-32-23-12-5-4-11-22(23)29-30-32/h1-6,8-13,25H,7,14-18H2,(H,28,33)/t25-/m0/s1. The highest BCUT2D eigenvalue weighted by molar-refractivity contribution is 5.78. The molecule has 1 N–H and O–H groups in total. The van der Waals surface area contributed by atoms with Gasteiger partial charge >= 0.3 is 0 Å². The molecule has 5 rings (SSSR count). The fraction of sp³-hybridized carbons (Fsp3) is 0.269. The van der Waals surface area contributed by atoms with Crippen LogP contribution in [0.2, 0.25) is 0 Å². The van der Waals surface area contributed by atoms with Crippen molar-refractivity contribution in [2.24, 2.45) is 0 Å². The zero-order valence-corrected chi connectivity index (χ0v) is 18.7. The number of para-hydroxylation sites is 2. The zero-order valence-electron chi connectivity index (χ0n) is 18.7. The highest BCUT2D eigenvalue weighted by Crippen LogP contribution is 2.31. The molecule has 7 nitrogen and oxygen atoms in total. The molecular formula is C26H26FN5O2. The van der Waals surface area contributed by atoms with Crippen LogP contribution in [0.5, 0.6) is 5.75 Å². The molecule has 3 aromatic carbocycles. The maximum Gasteiger partial charge on any atom is 0.234 e. The SMILES string of the molecule is O=C(CN1Cc2ccccc2O[C@H](c2ccccc2F)C1)NCCCn1nnc2ccccc21. The molecule has 174 valence electrons. The van der Waals surface area contributed by atoms with E-state index in [0.29, 0.717) is 31.7 Å². The summed E-state index contributed by atoms with van der Waals surface area (Å²) in [5.74, 6) is 0.339. The minimum absolute atomic E-state index is 0.0740. The van der Waals surface area contributed by atoms with Crippen molar-refractivity contribution in [2.75, 3.05) is 19.6 Å². The third kappa shape index (κ3) is 4.92. The summed E-state index contributed by atoms with van der Waals surface area (Å²) < 4.78 is 22.5. The molecule has 0 bridgehead atoms. The van der Waals surface area contributed by atoms with Crippen molar-refractivity contribution < 1.29 is 13.9 Å². The summed E-state index contributed by atoms with van der Waals surface area (Å²) in [6.45, 7) is 2.37. The van der Waals surface area contributed by atoms with Crippen LogP contribution in [0.4, 0.5) is 4.39 Å². The highest BCUT2D eigenvalue weighted by atomic mass is 19.1. The van der Waals surface area contributed by atoms with Gasteiger partial charge in [-0.05, 0) is 30.7 Å². The Morgan fingerprint density at radius 1 is 1.06 bits per heavy atom. The number of aromatic nitrogens is 3. The Morgan fingerprint density at radius 2 is 1.85 bits per heavy atom. The number of nitrogens with zero attached hydrogens (tertiary/aromatic N) is 4. The van der Waals surface area contributed by atoms with Gasteiger partial charge in [-0.2, -0.15) is 0 Å². The number of carbonyl (C=O) groups excluding carboxylic acids is 1. The van der Waals surface area contributed by atoms with Gasteiger partial charge < -0.3 is 10.1 Å². The van der Waals surface area contributed by atoms with Gasteiger partial charge in [0.25, 0.3) is 0 Å². The molecule has 0 aliphatic carbocycles. The van der Waals surface area contributed by atoms with E-state index in [4.69, 9.17) is 4.74 Å². The molecular weight excluding hydrogens is 433 g/mol. The molecule has 0 radical (unpaired) electrons. The molecule has 1 aliphatic rings. The predicted octanol–water partition coefficient (Wildman–Crippen LogP) is 3.71. The largest absolute Gasteiger partial charge is 0.484 e. The molecule has 0 fully saturated rings. The van der Waals surface area contributed by atoms with Crippen LogP contribution in [-0.4, -0.2) is 45.4 Å². The summed E-state index contributed by atoms with van der Waals surface area (Å²) in [6.07, 6.45) is 0.237. The van der Waals surface area contributed by atoms with Crippen molar-refractivity contribution in [3.05, 3.63) is 89.7 Å². The number of fused-ring (bicyclic) bond motifs is 2. The van der Waals surface area contributed by atoms with E-state index in [1.54, 1.807) is 18.2 Å². The van der Waals surface area contributed by atoms with Gasteiger partial charge in [-0.25, -0.2) is 9.07 Å². The summed E-state index contributed by atoms with van der Waals surface area (Å²) in [6, 6.07) is 22.2. The van der Waals surface area contributed by atoms with E-state index < -0.39 is 6.10 Å². The van der Waals surface area contributed by atoms with E-state index >= 15 is 0 Å². The Bertz CT molecular complexity index is 1290. The zero-order chi connectivity index (χ0) is 23.3. The Balaban J connectivity index is 1.20. The first kappa shape index (κ1) is 22.0. The molecule has 4 aromatic rings.